The molecule has 1 atom stereocenters. The molecule has 144 valence electrons. The topological polar surface area (TPSA) is 81.8 Å². The third-order valence-corrected chi connectivity index (χ3v) is 5.17. The van der Waals surface area contributed by atoms with Gasteiger partial charge in [0.25, 0.3) is 0 Å². The molecule has 8 heteroatoms. The maximum Gasteiger partial charge on any atom is 0.227 e. The number of aromatic nitrogens is 2. The summed E-state index contributed by atoms with van der Waals surface area (Å²) in [6, 6.07) is 0. The number of carbonyl (C=O) groups is 2. The van der Waals surface area contributed by atoms with Gasteiger partial charge in [0.1, 0.15) is 5.82 Å². The molecule has 0 aliphatic carbocycles. The molecule has 0 radical (unpaired) electrons. The average molecular weight is 363 g/mol. The lowest BCUT2D eigenvalue weighted by molar-refractivity contribution is -0.142. The number of imidazole rings is 1. The summed E-state index contributed by atoms with van der Waals surface area (Å²) in [7, 11) is 1.80. The maximum atomic E-state index is 12.7. The van der Waals surface area contributed by atoms with Gasteiger partial charge < -0.3 is 19.5 Å². The van der Waals surface area contributed by atoms with Gasteiger partial charge in [-0.3, -0.25) is 14.5 Å². The molecule has 3 heterocycles. The SMILES string of the molecule is CN(Cc1ncc[nH]1)C(=O)[C@@H]1CCC(=O)N(CCCN2CCOCC2)C1. The molecule has 0 spiro atoms. The van der Waals surface area contributed by atoms with Crippen LogP contribution in [0.5, 0.6) is 0 Å². The Kier molecular flexibility index (Phi) is 6.62. The average Bonchev–Trinajstić information content (AvgIpc) is 3.16. The number of nitrogens with one attached hydrogen (secondary N) is 1. The van der Waals surface area contributed by atoms with Crippen LogP contribution in [0.25, 0.3) is 0 Å². The van der Waals surface area contributed by atoms with Crippen LogP contribution in [0.3, 0.4) is 0 Å². The number of ether oxygens (including phenoxy) is 1. The Morgan fingerprint density at radius 3 is 2.92 bits per heavy atom. The van der Waals surface area contributed by atoms with Crippen LogP contribution in [-0.4, -0.2) is 89.5 Å². The minimum Gasteiger partial charge on any atom is -0.379 e. The van der Waals surface area contributed by atoms with Crippen LogP contribution >= 0.6 is 0 Å². The van der Waals surface area contributed by atoms with Crippen LogP contribution in [0.2, 0.25) is 0 Å². The van der Waals surface area contributed by atoms with Crippen molar-refractivity contribution in [3.63, 3.8) is 0 Å². The van der Waals surface area contributed by atoms with E-state index >= 15 is 0 Å². The first-order valence-corrected chi connectivity index (χ1v) is 9.44. The first kappa shape index (κ1) is 18.8. The van der Waals surface area contributed by atoms with Crippen LogP contribution < -0.4 is 0 Å². The normalized spacial score (nSPS) is 21.8. The lowest BCUT2D eigenvalue weighted by atomic mass is 9.96. The molecule has 2 fully saturated rings. The molecular formula is C18H29N5O3. The molecule has 1 aromatic heterocycles. The molecule has 0 saturated carbocycles. The number of morpholine rings is 1. The van der Waals surface area contributed by atoms with Crippen LogP contribution in [0, 0.1) is 5.92 Å². The summed E-state index contributed by atoms with van der Waals surface area (Å²) in [6.07, 6.45) is 5.48. The van der Waals surface area contributed by atoms with Gasteiger partial charge in [-0.1, -0.05) is 0 Å². The van der Waals surface area contributed by atoms with Gasteiger partial charge in [0, 0.05) is 58.6 Å². The fourth-order valence-corrected chi connectivity index (χ4v) is 3.64. The highest BCUT2D eigenvalue weighted by molar-refractivity contribution is 5.83. The minimum absolute atomic E-state index is 0.0899. The Morgan fingerprint density at radius 2 is 2.19 bits per heavy atom. The van der Waals surface area contributed by atoms with Gasteiger partial charge in [0.15, 0.2) is 0 Å². The van der Waals surface area contributed by atoms with E-state index in [1.165, 1.54) is 0 Å². The highest BCUT2D eigenvalue weighted by atomic mass is 16.5. The van der Waals surface area contributed by atoms with E-state index in [0.717, 1.165) is 51.6 Å². The van der Waals surface area contributed by atoms with E-state index < -0.39 is 0 Å². The van der Waals surface area contributed by atoms with Crippen molar-refractivity contribution in [3.8, 4) is 0 Å². The molecule has 26 heavy (non-hydrogen) atoms. The number of hydrogen-bond acceptors (Lipinski definition) is 5. The molecule has 2 saturated heterocycles. The Bertz CT molecular complexity index is 586. The number of carbonyl (C=O) groups excluding carboxylic acids is 2. The molecule has 1 N–H and O–H groups in total. The predicted molar refractivity (Wildman–Crippen MR) is 96.2 cm³/mol. The van der Waals surface area contributed by atoms with Crippen LogP contribution in [-0.2, 0) is 20.9 Å². The molecule has 0 unspecified atom stereocenters. The Balaban J connectivity index is 1.45. The number of H-pyrrole nitrogens is 1. The van der Waals surface area contributed by atoms with E-state index in [1.54, 1.807) is 24.3 Å². The Morgan fingerprint density at radius 1 is 1.38 bits per heavy atom. The van der Waals surface area contributed by atoms with Crippen molar-refractivity contribution in [1.82, 2.24) is 24.7 Å². The van der Waals surface area contributed by atoms with E-state index in [-0.39, 0.29) is 17.7 Å². The maximum absolute atomic E-state index is 12.7. The minimum atomic E-state index is -0.115. The molecule has 3 rings (SSSR count). The van der Waals surface area contributed by atoms with E-state index in [2.05, 4.69) is 14.9 Å². The van der Waals surface area contributed by atoms with Crippen molar-refractivity contribution >= 4 is 11.8 Å². The van der Waals surface area contributed by atoms with Crippen LogP contribution in [0.1, 0.15) is 25.1 Å². The van der Waals surface area contributed by atoms with Gasteiger partial charge in [0.05, 0.1) is 25.7 Å². The third kappa shape index (κ3) is 5.04. The molecule has 8 nitrogen and oxygen atoms in total. The zero-order valence-corrected chi connectivity index (χ0v) is 15.5. The highest BCUT2D eigenvalue weighted by Gasteiger charge is 2.31. The molecular weight excluding hydrogens is 334 g/mol. The predicted octanol–water partition coefficient (Wildman–Crippen LogP) is 0.329. The van der Waals surface area contributed by atoms with E-state index in [4.69, 9.17) is 4.74 Å². The molecule has 2 aliphatic rings. The number of aromatic amines is 1. The fraction of sp³-hybridized carbons (Fsp3) is 0.722. The number of likely N-dealkylation sites (tertiary alicyclic amines) is 1. The van der Waals surface area contributed by atoms with Gasteiger partial charge in [0.2, 0.25) is 11.8 Å². The molecule has 1 aromatic rings. The molecule has 0 aromatic carbocycles. The van der Waals surface area contributed by atoms with E-state index in [9.17, 15) is 9.59 Å². The summed E-state index contributed by atoms with van der Waals surface area (Å²) in [5.74, 6) is 0.919. The van der Waals surface area contributed by atoms with Crippen molar-refractivity contribution in [2.24, 2.45) is 5.92 Å². The second-order valence-corrected chi connectivity index (χ2v) is 7.11. The second-order valence-electron chi connectivity index (χ2n) is 7.11. The smallest absolute Gasteiger partial charge is 0.227 e. The summed E-state index contributed by atoms with van der Waals surface area (Å²) in [6.45, 7) is 6.21. The number of nitrogens with zero attached hydrogens (tertiary/aromatic N) is 4. The standard InChI is InChI=1S/C18H29N5O3/c1-21(14-16-19-5-6-20-16)18(25)15-3-4-17(24)23(13-15)8-2-7-22-9-11-26-12-10-22/h5-6,15H,2-4,7-14H2,1H3,(H,19,20)/t15-/m1/s1. The van der Waals surface area contributed by atoms with Gasteiger partial charge >= 0.3 is 0 Å². The number of hydrogen-bond donors (Lipinski definition) is 1. The van der Waals surface area contributed by atoms with Gasteiger partial charge in [-0.05, 0) is 12.8 Å². The van der Waals surface area contributed by atoms with Gasteiger partial charge in [-0.15, -0.1) is 0 Å². The monoisotopic (exact) mass is 363 g/mol. The fourth-order valence-electron chi connectivity index (χ4n) is 3.64. The highest BCUT2D eigenvalue weighted by Crippen LogP contribution is 2.20. The summed E-state index contributed by atoms with van der Waals surface area (Å²) in [4.78, 5) is 38.1. The van der Waals surface area contributed by atoms with E-state index in [1.807, 2.05) is 4.90 Å². The van der Waals surface area contributed by atoms with E-state index in [0.29, 0.717) is 25.9 Å². The summed E-state index contributed by atoms with van der Waals surface area (Å²) in [5.41, 5.74) is 0. The van der Waals surface area contributed by atoms with Gasteiger partial charge in [-0.2, -0.15) is 0 Å². The van der Waals surface area contributed by atoms with Crippen molar-refractivity contribution in [3.05, 3.63) is 18.2 Å². The first-order valence-electron chi connectivity index (χ1n) is 9.44. The summed E-state index contributed by atoms with van der Waals surface area (Å²) < 4.78 is 5.36. The molecule has 0 bridgehead atoms. The Labute approximate surface area is 154 Å². The van der Waals surface area contributed by atoms with Crippen molar-refractivity contribution in [2.75, 3.05) is 53.0 Å². The molecule has 2 amide bonds. The zero-order chi connectivity index (χ0) is 18.4. The number of amides is 2. The lowest BCUT2D eigenvalue weighted by Gasteiger charge is -2.34. The van der Waals surface area contributed by atoms with Crippen molar-refractivity contribution < 1.29 is 14.3 Å². The van der Waals surface area contributed by atoms with Gasteiger partial charge in [-0.25, -0.2) is 4.98 Å². The van der Waals surface area contributed by atoms with Crippen LogP contribution in [0.4, 0.5) is 0 Å². The number of rotatable bonds is 7. The lowest BCUT2D eigenvalue weighted by Crippen LogP contribution is -2.47. The Hall–Kier alpha value is -1.93. The van der Waals surface area contributed by atoms with Crippen molar-refractivity contribution in [1.29, 1.82) is 0 Å². The second kappa shape index (κ2) is 9.14. The number of piperidine rings is 1. The largest absolute Gasteiger partial charge is 0.379 e. The van der Waals surface area contributed by atoms with Crippen LogP contribution in [0.15, 0.2) is 12.4 Å². The zero-order valence-electron chi connectivity index (χ0n) is 15.5. The first-order chi connectivity index (χ1) is 12.6. The molecule has 2 aliphatic heterocycles. The summed E-state index contributed by atoms with van der Waals surface area (Å²) >= 11 is 0. The van der Waals surface area contributed by atoms with Crippen molar-refractivity contribution in [2.45, 2.75) is 25.8 Å². The summed E-state index contributed by atoms with van der Waals surface area (Å²) in [5, 5.41) is 0. The third-order valence-electron chi connectivity index (χ3n) is 5.17. The quantitative estimate of drug-likeness (QED) is 0.755.